The zero-order valence-electron chi connectivity index (χ0n) is 23.6. The minimum atomic E-state index is -1.28. The minimum Gasteiger partial charge on any atom is -0.489 e. The second-order valence-corrected chi connectivity index (χ2v) is 11.3. The van der Waals surface area contributed by atoms with Gasteiger partial charge < -0.3 is 25.4 Å². The fraction of sp³-hybridized carbons (Fsp3) is 0.294. The van der Waals surface area contributed by atoms with E-state index in [2.05, 4.69) is 22.4 Å². The molecule has 4 aromatic rings. The Kier molecular flexibility index (Phi) is 9.71. The summed E-state index contributed by atoms with van der Waals surface area (Å²) >= 11 is 6.84. The molecule has 0 aliphatic heterocycles. The number of benzene rings is 3. The fourth-order valence-corrected chi connectivity index (χ4v) is 5.87. The number of halogens is 2. The van der Waals surface area contributed by atoms with Gasteiger partial charge in [-0.3, -0.25) is 4.98 Å². The third kappa shape index (κ3) is 6.72. The molecule has 3 aromatic carbocycles. The molecule has 9 heteroatoms. The number of aliphatic hydroxyl groups excluding tert-OH is 3. The Bertz CT molecular complexity index is 1630. The highest BCUT2D eigenvalue weighted by Gasteiger charge is 2.29. The number of fused-ring (bicyclic) bond motifs is 1. The number of pyridine rings is 1. The van der Waals surface area contributed by atoms with E-state index in [9.17, 15) is 25.0 Å². The lowest BCUT2D eigenvalue weighted by Gasteiger charge is -2.29. The van der Waals surface area contributed by atoms with Crippen LogP contribution in [0.5, 0.6) is 5.75 Å². The Hall–Kier alpha value is -3.84. The quantitative estimate of drug-likeness (QED) is 0.179. The summed E-state index contributed by atoms with van der Waals surface area (Å²) in [5.41, 5.74) is 5.28. The second-order valence-electron chi connectivity index (χ2n) is 10.9. The molecular formula is C34H33ClFN3O4. The van der Waals surface area contributed by atoms with Crippen LogP contribution < -0.4 is 10.1 Å². The maximum absolute atomic E-state index is 14.7. The summed E-state index contributed by atoms with van der Waals surface area (Å²) in [5.74, 6) is 0.477. The Morgan fingerprint density at radius 1 is 1.00 bits per heavy atom. The van der Waals surface area contributed by atoms with Crippen molar-refractivity contribution in [3.63, 3.8) is 0 Å². The molecule has 7 nitrogen and oxygen atoms in total. The predicted molar refractivity (Wildman–Crippen MR) is 162 cm³/mol. The average molecular weight is 602 g/mol. The SMILES string of the molecule is N#Cc1cncc(COc2cc(C[C@H]3CCc4c(-c5ccccc5F)cccc43)c(Cl)cc2CNC(CO)(CO)CO)c1. The van der Waals surface area contributed by atoms with E-state index >= 15 is 0 Å². The lowest BCUT2D eigenvalue weighted by molar-refractivity contribution is 0.0412. The number of nitrogens with one attached hydrogen (secondary N) is 1. The molecule has 1 atom stereocenters. The van der Waals surface area contributed by atoms with Gasteiger partial charge in [0, 0.05) is 40.7 Å². The first-order valence-electron chi connectivity index (χ1n) is 14.1. The molecule has 0 unspecified atom stereocenters. The van der Waals surface area contributed by atoms with Crippen molar-refractivity contribution >= 4 is 11.6 Å². The van der Waals surface area contributed by atoms with Crippen molar-refractivity contribution in [2.75, 3.05) is 19.8 Å². The normalized spacial score (nSPS) is 14.4. The van der Waals surface area contributed by atoms with E-state index < -0.39 is 25.4 Å². The van der Waals surface area contributed by atoms with Gasteiger partial charge in [0.05, 0.1) is 30.9 Å². The first-order chi connectivity index (χ1) is 20.9. The summed E-state index contributed by atoms with van der Waals surface area (Å²) < 4.78 is 20.9. The molecule has 1 aliphatic carbocycles. The van der Waals surface area contributed by atoms with Gasteiger partial charge in [0.15, 0.2) is 0 Å². The smallest absolute Gasteiger partial charge is 0.131 e. The molecule has 0 bridgehead atoms. The Labute approximate surface area is 255 Å². The van der Waals surface area contributed by atoms with E-state index in [1.165, 1.54) is 17.8 Å². The van der Waals surface area contributed by atoms with Crippen LogP contribution in [0.15, 0.2) is 73.1 Å². The molecule has 0 saturated carbocycles. The number of hydrogen-bond donors (Lipinski definition) is 4. The number of aromatic nitrogens is 1. The number of nitrogens with zero attached hydrogens (tertiary/aromatic N) is 2. The molecule has 0 amide bonds. The summed E-state index contributed by atoms with van der Waals surface area (Å²) in [4.78, 5) is 4.11. The molecule has 0 saturated heterocycles. The molecular weight excluding hydrogens is 569 g/mol. The highest BCUT2D eigenvalue weighted by atomic mass is 35.5. The van der Waals surface area contributed by atoms with Gasteiger partial charge in [-0.25, -0.2) is 4.39 Å². The molecule has 1 aromatic heterocycles. The van der Waals surface area contributed by atoms with Crippen LogP contribution >= 0.6 is 11.6 Å². The van der Waals surface area contributed by atoms with Crippen LogP contribution in [-0.2, 0) is 26.0 Å². The van der Waals surface area contributed by atoms with Crippen molar-refractivity contribution in [1.29, 1.82) is 5.26 Å². The van der Waals surface area contributed by atoms with Gasteiger partial charge in [-0.2, -0.15) is 5.26 Å². The fourth-order valence-electron chi connectivity index (χ4n) is 5.60. The maximum atomic E-state index is 14.7. The molecule has 1 heterocycles. The zero-order valence-corrected chi connectivity index (χ0v) is 24.3. The van der Waals surface area contributed by atoms with E-state index in [1.54, 1.807) is 24.4 Å². The number of ether oxygens (including phenoxy) is 1. The number of aliphatic hydroxyl groups is 3. The summed E-state index contributed by atoms with van der Waals surface area (Å²) in [6.45, 7) is -1.09. The van der Waals surface area contributed by atoms with Gasteiger partial charge in [-0.05, 0) is 71.7 Å². The van der Waals surface area contributed by atoms with Gasteiger partial charge in [0.1, 0.15) is 24.2 Å². The predicted octanol–water partition coefficient (Wildman–Crippen LogP) is 5.07. The van der Waals surface area contributed by atoms with Crippen molar-refractivity contribution in [3.8, 4) is 22.9 Å². The monoisotopic (exact) mass is 601 g/mol. The third-order valence-electron chi connectivity index (χ3n) is 8.13. The van der Waals surface area contributed by atoms with Gasteiger partial charge in [0.25, 0.3) is 0 Å². The van der Waals surface area contributed by atoms with E-state index in [4.69, 9.17) is 16.3 Å². The third-order valence-corrected chi connectivity index (χ3v) is 8.49. The van der Waals surface area contributed by atoms with Crippen LogP contribution in [0.3, 0.4) is 0 Å². The summed E-state index contributed by atoms with van der Waals surface area (Å²) in [6.07, 6.45) is 5.49. The van der Waals surface area contributed by atoms with Gasteiger partial charge >= 0.3 is 0 Å². The topological polar surface area (TPSA) is 119 Å². The average Bonchev–Trinajstić information content (AvgIpc) is 3.45. The Morgan fingerprint density at radius 2 is 1.77 bits per heavy atom. The van der Waals surface area contributed by atoms with Crippen LogP contribution in [0.4, 0.5) is 4.39 Å². The van der Waals surface area contributed by atoms with Gasteiger partial charge in [0.2, 0.25) is 0 Å². The molecule has 0 fully saturated rings. The van der Waals surface area contributed by atoms with E-state index in [1.807, 2.05) is 30.3 Å². The van der Waals surface area contributed by atoms with Crippen molar-refractivity contribution in [2.24, 2.45) is 0 Å². The summed E-state index contributed by atoms with van der Waals surface area (Å²) in [6, 6.07) is 20.4. The van der Waals surface area contributed by atoms with Crippen LogP contribution in [0, 0.1) is 17.1 Å². The lowest BCUT2D eigenvalue weighted by Crippen LogP contribution is -2.54. The summed E-state index contributed by atoms with van der Waals surface area (Å²) in [5, 5.41) is 42.2. The standard InChI is InChI=1S/C34H33ClFN3O4/c35-31-12-26(17-39-34(19-40,20-41)21-42)33(43-18-23-10-22(14-37)15-38-16-23)13-25(31)11-24-8-9-29-27(24)5-3-6-28(29)30-4-1-2-7-32(30)36/h1-7,10,12-13,15-16,24,39-42H,8-9,11,17-21H2/t24-/m1/s1. The van der Waals surface area contributed by atoms with Crippen LogP contribution in [-0.4, -0.2) is 45.7 Å². The molecule has 5 rings (SSSR count). The van der Waals surface area contributed by atoms with Crippen molar-refractivity contribution in [1.82, 2.24) is 10.3 Å². The van der Waals surface area contributed by atoms with E-state index in [-0.39, 0.29) is 24.9 Å². The van der Waals surface area contributed by atoms with Crippen LogP contribution in [0.25, 0.3) is 11.1 Å². The molecule has 0 radical (unpaired) electrons. The first kappa shape index (κ1) is 30.6. The largest absolute Gasteiger partial charge is 0.489 e. The van der Waals surface area contributed by atoms with E-state index in [0.717, 1.165) is 35.1 Å². The van der Waals surface area contributed by atoms with Crippen molar-refractivity contribution in [2.45, 2.75) is 43.9 Å². The lowest BCUT2D eigenvalue weighted by atomic mass is 9.90. The highest BCUT2D eigenvalue weighted by molar-refractivity contribution is 6.31. The van der Waals surface area contributed by atoms with Crippen molar-refractivity contribution in [3.05, 3.63) is 117 Å². The van der Waals surface area contributed by atoms with E-state index in [0.29, 0.717) is 33.9 Å². The van der Waals surface area contributed by atoms with Crippen LogP contribution in [0.1, 0.15) is 45.7 Å². The molecule has 43 heavy (non-hydrogen) atoms. The highest BCUT2D eigenvalue weighted by Crippen LogP contribution is 2.42. The molecule has 1 aliphatic rings. The molecule has 222 valence electrons. The minimum absolute atomic E-state index is 0.153. The molecule has 0 spiro atoms. The van der Waals surface area contributed by atoms with Gasteiger partial charge in [-0.1, -0.05) is 48.0 Å². The second kappa shape index (κ2) is 13.6. The Morgan fingerprint density at radius 3 is 2.51 bits per heavy atom. The number of rotatable bonds is 12. The number of hydrogen-bond acceptors (Lipinski definition) is 7. The Balaban J connectivity index is 1.44. The first-order valence-corrected chi connectivity index (χ1v) is 14.5. The van der Waals surface area contributed by atoms with Crippen LogP contribution in [0.2, 0.25) is 5.02 Å². The maximum Gasteiger partial charge on any atom is 0.131 e. The summed E-state index contributed by atoms with van der Waals surface area (Å²) in [7, 11) is 0. The number of nitriles is 1. The van der Waals surface area contributed by atoms with Crippen molar-refractivity contribution < 1.29 is 24.4 Å². The zero-order chi connectivity index (χ0) is 30.4. The van der Waals surface area contributed by atoms with Gasteiger partial charge in [-0.15, -0.1) is 0 Å². The molecule has 4 N–H and O–H groups in total.